The molecule has 0 saturated heterocycles. The van der Waals surface area contributed by atoms with Crippen LogP contribution in [0.4, 0.5) is 0 Å². The number of rotatable bonds is 7. The molecule has 4 heteroatoms. The van der Waals surface area contributed by atoms with Gasteiger partial charge < -0.3 is 10.6 Å². The molecule has 0 fully saturated rings. The summed E-state index contributed by atoms with van der Waals surface area (Å²) in [6.45, 7) is 2.82. The highest BCUT2D eigenvalue weighted by Crippen LogP contribution is 1.97. The maximum absolute atomic E-state index is 11.3. The van der Waals surface area contributed by atoms with Crippen molar-refractivity contribution in [3.8, 4) is 6.07 Å². The molecular formula is C10H19N3O. The number of nitriles is 1. The lowest BCUT2D eigenvalue weighted by Gasteiger charge is -2.13. The topological polar surface area (TPSA) is 64.9 Å². The van der Waals surface area contributed by atoms with Gasteiger partial charge in [0.15, 0.2) is 0 Å². The van der Waals surface area contributed by atoms with Gasteiger partial charge in [-0.15, -0.1) is 0 Å². The molecule has 1 unspecified atom stereocenters. The van der Waals surface area contributed by atoms with Crippen molar-refractivity contribution >= 4 is 5.91 Å². The Labute approximate surface area is 85.7 Å². The molecule has 2 N–H and O–H groups in total. The fourth-order valence-electron chi connectivity index (χ4n) is 1.13. The molecule has 1 amide bonds. The first kappa shape index (κ1) is 12.9. The van der Waals surface area contributed by atoms with Gasteiger partial charge >= 0.3 is 0 Å². The summed E-state index contributed by atoms with van der Waals surface area (Å²) < 4.78 is 0. The summed E-state index contributed by atoms with van der Waals surface area (Å²) in [5.74, 6) is 0.0438. The summed E-state index contributed by atoms with van der Waals surface area (Å²) in [4.78, 5) is 11.3. The van der Waals surface area contributed by atoms with Crippen LogP contribution < -0.4 is 10.6 Å². The Hall–Kier alpha value is -1.08. The zero-order valence-corrected chi connectivity index (χ0v) is 8.97. The number of carbonyl (C=O) groups excluding carboxylic acids is 1. The normalized spacial score (nSPS) is 11.8. The lowest BCUT2D eigenvalue weighted by atomic mass is 10.1. The third-order valence-electron chi connectivity index (χ3n) is 2.03. The Morgan fingerprint density at radius 3 is 2.79 bits per heavy atom. The second kappa shape index (κ2) is 8.52. The Kier molecular flexibility index (Phi) is 7.86. The van der Waals surface area contributed by atoms with Crippen molar-refractivity contribution in [2.75, 3.05) is 13.6 Å². The highest BCUT2D eigenvalue weighted by molar-refractivity contribution is 5.76. The van der Waals surface area contributed by atoms with Crippen molar-refractivity contribution in [2.45, 2.75) is 38.6 Å². The van der Waals surface area contributed by atoms with Crippen LogP contribution in [0.2, 0.25) is 0 Å². The first-order chi connectivity index (χ1) is 6.74. The predicted molar refractivity (Wildman–Crippen MR) is 55.6 cm³/mol. The summed E-state index contributed by atoms with van der Waals surface area (Å²) in [7, 11) is 1.86. The Bertz CT molecular complexity index is 198. The van der Waals surface area contributed by atoms with Crippen LogP contribution in [0.1, 0.15) is 32.6 Å². The maximum atomic E-state index is 11.3. The van der Waals surface area contributed by atoms with Gasteiger partial charge in [0.2, 0.25) is 5.91 Å². The molecule has 14 heavy (non-hydrogen) atoms. The van der Waals surface area contributed by atoms with E-state index in [2.05, 4.69) is 16.7 Å². The summed E-state index contributed by atoms with van der Waals surface area (Å²) >= 11 is 0. The zero-order chi connectivity index (χ0) is 10.8. The molecule has 0 bridgehead atoms. The summed E-state index contributed by atoms with van der Waals surface area (Å²) in [6, 6.07) is 2.08. The number of nitrogens with one attached hydrogen (secondary N) is 2. The van der Waals surface area contributed by atoms with Crippen molar-refractivity contribution < 1.29 is 4.79 Å². The Balaban J connectivity index is 3.63. The molecule has 0 aliphatic carbocycles. The van der Waals surface area contributed by atoms with E-state index >= 15 is 0 Å². The molecule has 0 radical (unpaired) electrons. The average molecular weight is 197 g/mol. The third-order valence-corrected chi connectivity index (χ3v) is 2.03. The summed E-state index contributed by atoms with van der Waals surface area (Å²) in [5, 5.41) is 14.3. The largest absolute Gasteiger partial charge is 0.352 e. The van der Waals surface area contributed by atoms with E-state index in [4.69, 9.17) is 5.26 Å². The number of hydrogen-bond donors (Lipinski definition) is 2. The van der Waals surface area contributed by atoms with Gasteiger partial charge in [-0.1, -0.05) is 6.92 Å². The monoisotopic (exact) mass is 197 g/mol. The lowest BCUT2D eigenvalue weighted by molar-refractivity contribution is -0.121. The first-order valence-electron chi connectivity index (χ1n) is 5.05. The molecule has 0 aliphatic rings. The maximum Gasteiger partial charge on any atom is 0.220 e. The van der Waals surface area contributed by atoms with Crippen molar-refractivity contribution in [2.24, 2.45) is 0 Å². The van der Waals surface area contributed by atoms with Gasteiger partial charge in [0.1, 0.15) is 0 Å². The molecule has 0 aromatic heterocycles. The van der Waals surface area contributed by atoms with E-state index in [1.165, 1.54) is 0 Å². The molecule has 1 atom stereocenters. The molecule has 4 nitrogen and oxygen atoms in total. The van der Waals surface area contributed by atoms with Crippen molar-refractivity contribution in [3.05, 3.63) is 0 Å². The molecule has 0 spiro atoms. The summed E-state index contributed by atoms with van der Waals surface area (Å²) in [5.41, 5.74) is 0. The van der Waals surface area contributed by atoms with Gasteiger partial charge in [-0.25, -0.2) is 0 Å². The van der Waals surface area contributed by atoms with Crippen LogP contribution in [0.3, 0.4) is 0 Å². The first-order valence-corrected chi connectivity index (χ1v) is 5.05. The molecule has 0 heterocycles. The molecule has 0 aromatic rings. The van der Waals surface area contributed by atoms with Crippen LogP contribution in [0.5, 0.6) is 0 Å². The van der Waals surface area contributed by atoms with E-state index in [-0.39, 0.29) is 11.9 Å². The molecule has 80 valence electrons. The molecule has 0 aliphatic heterocycles. The summed E-state index contributed by atoms with van der Waals surface area (Å²) in [6.07, 6.45) is 2.58. The fourth-order valence-corrected chi connectivity index (χ4v) is 1.13. The Morgan fingerprint density at radius 1 is 1.57 bits per heavy atom. The highest BCUT2D eigenvalue weighted by atomic mass is 16.1. The zero-order valence-electron chi connectivity index (χ0n) is 8.97. The van der Waals surface area contributed by atoms with Crippen LogP contribution in [0.15, 0.2) is 0 Å². The van der Waals surface area contributed by atoms with E-state index in [1.807, 2.05) is 14.0 Å². The van der Waals surface area contributed by atoms with Gasteiger partial charge in [0.25, 0.3) is 0 Å². The quantitative estimate of drug-likeness (QED) is 0.593. The van der Waals surface area contributed by atoms with Crippen molar-refractivity contribution in [1.82, 2.24) is 10.6 Å². The SMILES string of the molecule is CCC(CC#N)NC(=O)CCCNC. The van der Waals surface area contributed by atoms with Crippen molar-refractivity contribution in [3.63, 3.8) is 0 Å². The van der Waals surface area contributed by atoms with Gasteiger partial charge in [0.05, 0.1) is 12.5 Å². The van der Waals surface area contributed by atoms with Gasteiger partial charge in [-0.3, -0.25) is 4.79 Å². The minimum Gasteiger partial charge on any atom is -0.352 e. The van der Waals surface area contributed by atoms with Crippen LogP contribution in [0.25, 0.3) is 0 Å². The van der Waals surface area contributed by atoms with Gasteiger partial charge in [0, 0.05) is 12.5 Å². The van der Waals surface area contributed by atoms with Crippen LogP contribution >= 0.6 is 0 Å². The third kappa shape index (κ3) is 6.44. The predicted octanol–water partition coefficient (Wildman–Crippen LogP) is 0.794. The minimum absolute atomic E-state index is 0.0158. The lowest BCUT2D eigenvalue weighted by Crippen LogP contribution is -2.34. The standard InChI is InChI=1S/C10H19N3O/c1-3-9(6-7-11)13-10(14)5-4-8-12-2/h9,12H,3-6,8H2,1-2H3,(H,13,14). The fraction of sp³-hybridized carbons (Fsp3) is 0.800. The highest BCUT2D eigenvalue weighted by Gasteiger charge is 2.08. The number of amides is 1. The average Bonchev–Trinajstić information content (AvgIpc) is 2.17. The van der Waals surface area contributed by atoms with Crippen LogP contribution in [-0.2, 0) is 4.79 Å². The number of nitrogens with zero attached hydrogens (tertiary/aromatic N) is 1. The van der Waals surface area contributed by atoms with Gasteiger partial charge in [-0.05, 0) is 26.4 Å². The Morgan fingerprint density at radius 2 is 2.29 bits per heavy atom. The second-order valence-electron chi connectivity index (χ2n) is 3.24. The minimum atomic E-state index is 0.0158. The van der Waals surface area contributed by atoms with Crippen LogP contribution in [-0.4, -0.2) is 25.5 Å². The van der Waals surface area contributed by atoms with E-state index < -0.39 is 0 Å². The molecule has 0 rings (SSSR count). The number of carbonyl (C=O) groups is 1. The van der Waals surface area contributed by atoms with Gasteiger partial charge in [-0.2, -0.15) is 5.26 Å². The molecule has 0 saturated carbocycles. The van der Waals surface area contributed by atoms with E-state index in [9.17, 15) is 4.79 Å². The molecular weight excluding hydrogens is 178 g/mol. The second-order valence-corrected chi connectivity index (χ2v) is 3.24. The number of hydrogen-bond acceptors (Lipinski definition) is 3. The molecule has 0 aromatic carbocycles. The van der Waals surface area contributed by atoms with E-state index in [0.29, 0.717) is 12.8 Å². The van der Waals surface area contributed by atoms with E-state index in [1.54, 1.807) is 0 Å². The smallest absolute Gasteiger partial charge is 0.220 e. The van der Waals surface area contributed by atoms with Crippen molar-refractivity contribution in [1.29, 1.82) is 5.26 Å². The van der Waals surface area contributed by atoms with E-state index in [0.717, 1.165) is 19.4 Å². The van der Waals surface area contributed by atoms with Crippen LogP contribution in [0, 0.1) is 11.3 Å².